The lowest BCUT2D eigenvalue weighted by atomic mass is 10.0. The Kier molecular flexibility index (Phi) is 6.78. The molecular formula is C17H24N2. The largest absolute Gasteiger partial charge is 0.377 e. The van der Waals surface area contributed by atoms with Crippen LogP contribution in [0.1, 0.15) is 31.4 Å². The van der Waals surface area contributed by atoms with Crippen LogP contribution in [0.25, 0.3) is 5.70 Å². The summed E-state index contributed by atoms with van der Waals surface area (Å²) >= 11 is 0. The molecule has 0 amide bonds. The van der Waals surface area contributed by atoms with Crippen LogP contribution in [0, 0.1) is 11.8 Å². The van der Waals surface area contributed by atoms with Crippen LogP contribution in [-0.2, 0) is 6.54 Å². The Hall–Kier alpha value is -1.72. The zero-order valence-corrected chi connectivity index (χ0v) is 12.5. The molecule has 0 radical (unpaired) electrons. The molecule has 102 valence electrons. The fourth-order valence-electron chi connectivity index (χ4n) is 2.03. The molecule has 2 nitrogen and oxygen atoms in total. The topological polar surface area (TPSA) is 15.3 Å². The normalized spacial score (nSPS) is 10.8. The van der Waals surface area contributed by atoms with Crippen molar-refractivity contribution in [3.05, 3.63) is 41.5 Å². The third-order valence-corrected chi connectivity index (χ3v) is 2.88. The molecule has 0 heterocycles. The van der Waals surface area contributed by atoms with Gasteiger partial charge in [0.25, 0.3) is 0 Å². The van der Waals surface area contributed by atoms with E-state index in [-0.39, 0.29) is 0 Å². The van der Waals surface area contributed by atoms with Crippen LogP contribution >= 0.6 is 0 Å². The summed E-state index contributed by atoms with van der Waals surface area (Å²) in [6, 6.07) is 8.51. The van der Waals surface area contributed by atoms with E-state index >= 15 is 0 Å². The molecule has 0 aromatic heterocycles. The zero-order chi connectivity index (χ0) is 14.1. The van der Waals surface area contributed by atoms with Crippen molar-refractivity contribution in [2.24, 2.45) is 0 Å². The van der Waals surface area contributed by atoms with E-state index < -0.39 is 0 Å². The van der Waals surface area contributed by atoms with Crippen molar-refractivity contribution in [2.75, 3.05) is 20.6 Å². The van der Waals surface area contributed by atoms with Gasteiger partial charge in [-0.05, 0) is 12.5 Å². The fourth-order valence-corrected chi connectivity index (χ4v) is 2.03. The predicted octanol–water partition coefficient (Wildman–Crippen LogP) is 3.11. The standard InChI is InChI=1S/C17H24N2/c1-5-7-10-13-18-14-15-11-8-9-12-16(15)17(6-2)19(3)4/h6,8-9,11-12,18H,5,13-14H2,1-4H3/b17-6-. The van der Waals surface area contributed by atoms with Gasteiger partial charge in [0.05, 0.1) is 6.54 Å². The van der Waals surface area contributed by atoms with Gasteiger partial charge in [-0.3, -0.25) is 0 Å². The van der Waals surface area contributed by atoms with Gasteiger partial charge < -0.3 is 10.2 Å². The van der Waals surface area contributed by atoms with Crippen molar-refractivity contribution in [3.8, 4) is 11.8 Å². The van der Waals surface area contributed by atoms with E-state index in [9.17, 15) is 0 Å². The number of nitrogens with one attached hydrogen (secondary N) is 1. The van der Waals surface area contributed by atoms with Gasteiger partial charge in [-0.1, -0.05) is 43.2 Å². The van der Waals surface area contributed by atoms with Crippen LogP contribution in [-0.4, -0.2) is 25.5 Å². The van der Waals surface area contributed by atoms with Crippen LogP contribution < -0.4 is 5.32 Å². The molecule has 0 bridgehead atoms. The molecule has 1 rings (SSSR count). The smallest absolute Gasteiger partial charge is 0.0579 e. The third-order valence-electron chi connectivity index (χ3n) is 2.88. The summed E-state index contributed by atoms with van der Waals surface area (Å²) in [6.45, 7) is 5.74. The van der Waals surface area contributed by atoms with Crippen LogP contribution in [0.4, 0.5) is 0 Å². The van der Waals surface area contributed by atoms with Gasteiger partial charge in [0.1, 0.15) is 0 Å². The Morgan fingerprint density at radius 1 is 1.26 bits per heavy atom. The molecule has 0 saturated heterocycles. The SMILES string of the molecule is C/C=C(/c1ccccc1CNCC#CCC)N(C)C. The summed E-state index contributed by atoms with van der Waals surface area (Å²) < 4.78 is 0. The van der Waals surface area contributed by atoms with Crippen molar-refractivity contribution in [1.29, 1.82) is 0 Å². The molecule has 1 aromatic rings. The van der Waals surface area contributed by atoms with Crippen molar-refractivity contribution in [1.82, 2.24) is 10.2 Å². The molecule has 0 aliphatic heterocycles. The summed E-state index contributed by atoms with van der Waals surface area (Å²) in [5, 5.41) is 3.38. The molecular weight excluding hydrogens is 232 g/mol. The molecule has 1 aromatic carbocycles. The van der Waals surface area contributed by atoms with E-state index in [0.717, 1.165) is 19.5 Å². The number of rotatable bonds is 5. The van der Waals surface area contributed by atoms with Crippen molar-refractivity contribution in [3.63, 3.8) is 0 Å². The number of hydrogen-bond donors (Lipinski definition) is 1. The first-order chi connectivity index (χ1) is 9.20. The Bertz CT molecular complexity index is 476. The number of benzene rings is 1. The molecule has 0 atom stereocenters. The van der Waals surface area contributed by atoms with Gasteiger partial charge in [0, 0.05) is 38.3 Å². The van der Waals surface area contributed by atoms with Gasteiger partial charge in [0.15, 0.2) is 0 Å². The first-order valence-corrected chi connectivity index (χ1v) is 6.79. The maximum Gasteiger partial charge on any atom is 0.0579 e. The highest BCUT2D eigenvalue weighted by atomic mass is 15.1. The van der Waals surface area contributed by atoms with Gasteiger partial charge in [0.2, 0.25) is 0 Å². The van der Waals surface area contributed by atoms with Crippen LogP contribution in [0.2, 0.25) is 0 Å². The summed E-state index contributed by atoms with van der Waals surface area (Å²) in [6.07, 6.45) is 3.07. The van der Waals surface area contributed by atoms with Crippen molar-refractivity contribution in [2.45, 2.75) is 26.8 Å². The Labute approximate surface area is 117 Å². The van der Waals surface area contributed by atoms with E-state index in [2.05, 4.69) is 80.3 Å². The highest BCUT2D eigenvalue weighted by Crippen LogP contribution is 2.20. The van der Waals surface area contributed by atoms with E-state index in [0.29, 0.717) is 0 Å². The van der Waals surface area contributed by atoms with Crippen molar-refractivity contribution < 1.29 is 0 Å². The average Bonchev–Trinajstić information content (AvgIpc) is 2.40. The molecule has 0 fully saturated rings. The summed E-state index contributed by atoms with van der Waals surface area (Å²) in [5.74, 6) is 6.17. The molecule has 0 aliphatic rings. The van der Waals surface area contributed by atoms with Gasteiger partial charge in [-0.2, -0.15) is 0 Å². The first-order valence-electron chi connectivity index (χ1n) is 6.79. The monoisotopic (exact) mass is 256 g/mol. The Morgan fingerprint density at radius 3 is 2.63 bits per heavy atom. The second-order valence-electron chi connectivity index (χ2n) is 4.54. The lowest BCUT2D eigenvalue weighted by Crippen LogP contribution is -2.17. The molecule has 0 saturated carbocycles. The van der Waals surface area contributed by atoms with E-state index in [1.54, 1.807) is 0 Å². The number of nitrogens with zero attached hydrogens (tertiary/aromatic N) is 1. The van der Waals surface area contributed by atoms with Gasteiger partial charge >= 0.3 is 0 Å². The van der Waals surface area contributed by atoms with Gasteiger partial charge in [-0.25, -0.2) is 0 Å². The second kappa shape index (κ2) is 8.39. The highest BCUT2D eigenvalue weighted by Gasteiger charge is 2.07. The molecule has 0 aliphatic carbocycles. The van der Waals surface area contributed by atoms with Gasteiger partial charge in [-0.15, -0.1) is 5.92 Å². The van der Waals surface area contributed by atoms with Crippen LogP contribution in [0.15, 0.2) is 30.3 Å². The lowest BCUT2D eigenvalue weighted by molar-refractivity contribution is 0.589. The summed E-state index contributed by atoms with van der Waals surface area (Å²) in [5.41, 5.74) is 3.84. The van der Waals surface area contributed by atoms with E-state index in [1.165, 1.54) is 16.8 Å². The highest BCUT2D eigenvalue weighted by molar-refractivity contribution is 5.66. The molecule has 0 unspecified atom stereocenters. The number of hydrogen-bond acceptors (Lipinski definition) is 2. The predicted molar refractivity (Wildman–Crippen MR) is 83.6 cm³/mol. The third kappa shape index (κ3) is 4.81. The lowest BCUT2D eigenvalue weighted by Gasteiger charge is -2.20. The minimum absolute atomic E-state index is 0.745. The minimum Gasteiger partial charge on any atom is -0.377 e. The zero-order valence-electron chi connectivity index (χ0n) is 12.5. The first kappa shape index (κ1) is 15.3. The molecule has 2 heteroatoms. The second-order valence-corrected chi connectivity index (χ2v) is 4.54. The molecule has 1 N–H and O–H groups in total. The Morgan fingerprint density at radius 2 is 2.00 bits per heavy atom. The van der Waals surface area contributed by atoms with Crippen LogP contribution in [0.5, 0.6) is 0 Å². The van der Waals surface area contributed by atoms with E-state index in [1.807, 2.05) is 0 Å². The minimum atomic E-state index is 0.745. The quantitative estimate of drug-likeness (QED) is 0.643. The average molecular weight is 256 g/mol. The maximum atomic E-state index is 3.38. The van der Waals surface area contributed by atoms with E-state index in [4.69, 9.17) is 0 Å². The number of allylic oxidation sites excluding steroid dienone is 1. The fraction of sp³-hybridized carbons (Fsp3) is 0.412. The maximum absolute atomic E-state index is 3.38. The summed E-state index contributed by atoms with van der Waals surface area (Å²) in [7, 11) is 4.15. The molecule has 19 heavy (non-hydrogen) atoms. The molecule has 0 spiro atoms. The summed E-state index contributed by atoms with van der Waals surface area (Å²) in [4.78, 5) is 2.15. The Balaban J connectivity index is 2.79. The van der Waals surface area contributed by atoms with Crippen LogP contribution in [0.3, 0.4) is 0 Å². The van der Waals surface area contributed by atoms with Crippen molar-refractivity contribution >= 4 is 5.70 Å².